The molecule has 0 amide bonds. The van der Waals surface area contributed by atoms with Crippen LogP contribution in [0.25, 0.3) is 0 Å². The van der Waals surface area contributed by atoms with Gasteiger partial charge < -0.3 is 54.3 Å². The number of hydrogen-bond donors (Lipinski definition) is 6. The van der Waals surface area contributed by atoms with Crippen molar-refractivity contribution in [3.63, 3.8) is 0 Å². The normalized spacial score (nSPS) is 31.1. The van der Waals surface area contributed by atoms with Crippen molar-refractivity contribution in [2.45, 2.75) is 347 Å². The first kappa shape index (κ1) is 114. The van der Waals surface area contributed by atoms with Crippen molar-refractivity contribution in [1.82, 2.24) is 0 Å². The van der Waals surface area contributed by atoms with Crippen LogP contribution >= 0.6 is 0 Å². The van der Waals surface area contributed by atoms with E-state index in [1.54, 1.807) is 6.92 Å². The molecule has 716 valence electrons. The Morgan fingerprint density at radius 1 is 0.355 bits per heavy atom. The zero-order valence-electron chi connectivity index (χ0n) is 71.0. The van der Waals surface area contributed by atoms with Crippen LogP contribution in [-0.4, -0.2) is 189 Å². The monoisotopic (exact) mass is 1820 g/mol. The molecular formula is C78H119F27O16. The molecule has 9 fully saturated rings. The van der Waals surface area contributed by atoms with E-state index in [0.29, 0.717) is 26.1 Å². The third-order valence-electron chi connectivity index (χ3n) is 25.8. The van der Waals surface area contributed by atoms with Gasteiger partial charge in [-0.25, -0.2) is 30.7 Å². The number of halogens is 27. The molecule has 17 atom stereocenters. The standard InChI is InChI=1S/C18H25F9O4.3C8H9F5O.C8H16O2.C7H9F3O.3C7H14O2/c1-5-13(2,3)12(28)31-11-7-9(14(4,29)16(19,20)21)6-10(8-11)15(30,17(22,23)24)18(25,26)27;3*9-7(10)5-2-1-4(3-5)6(7,14)8(11,12)13;1-5-8(3,4)7(9)10-6-2;8-6(9)4-1-2-5(3-4)7(6,10)11;2*1-5-7(2,3)6(8)9-4;1-4-6(3)7(8)9-5-2/h9-11,29-30H,5-8H2,1-4H3;3*4-5,14H,1-3H2;5-6H2,1-4H3;4-5,11H,1-3H2;2*5H2,1-4H3;6H,4-5H2,1-3H3. The fourth-order valence-corrected chi connectivity index (χ4v) is 15.5. The lowest BCUT2D eigenvalue weighted by molar-refractivity contribution is -0.391. The van der Waals surface area contributed by atoms with Gasteiger partial charge in [0.2, 0.25) is 16.8 Å². The van der Waals surface area contributed by atoms with Gasteiger partial charge in [-0.15, -0.1) is 0 Å². The molecule has 6 N–H and O–H groups in total. The molecule has 0 aromatic rings. The van der Waals surface area contributed by atoms with E-state index < -0.39 is 191 Å². The van der Waals surface area contributed by atoms with E-state index in [1.807, 2.05) is 90.0 Å². The summed E-state index contributed by atoms with van der Waals surface area (Å²) in [6.07, 6.45) is -34.9. The molecule has 8 bridgehead atoms. The largest absolute Gasteiger partial charge is 0.469 e. The number of carbonyl (C=O) groups excluding carboxylic acids is 5. The van der Waals surface area contributed by atoms with Crippen molar-refractivity contribution in [2.75, 3.05) is 27.4 Å². The third kappa shape index (κ3) is 23.8. The quantitative estimate of drug-likeness (QED) is 0.0506. The van der Waals surface area contributed by atoms with Gasteiger partial charge in [0.1, 0.15) is 6.10 Å². The summed E-state index contributed by atoms with van der Waals surface area (Å²) in [5.74, 6) is -34.9. The van der Waals surface area contributed by atoms with Gasteiger partial charge >= 0.3 is 72.8 Å². The van der Waals surface area contributed by atoms with Crippen LogP contribution < -0.4 is 0 Å². The van der Waals surface area contributed by atoms with E-state index in [9.17, 15) is 168 Å². The molecule has 0 aromatic carbocycles. The second-order valence-corrected chi connectivity index (χ2v) is 35.0. The Hall–Kier alpha value is -4.78. The number of aliphatic hydroxyl groups is 6. The first-order chi connectivity index (χ1) is 54.0. The first-order valence-corrected chi connectivity index (χ1v) is 39.6. The minimum atomic E-state index is -6.28. The lowest BCUT2D eigenvalue weighted by Crippen LogP contribution is -2.64. The smallest absolute Gasteiger partial charge is 0.426 e. The fourth-order valence-electron chi connectivity index (χ4n) is 15.5. The highest BCUT2D eigenvalue weighted by Crippen LogP contribution is 2.68. The molecule has 9 saturated carbocycles. The summed E-state index contributed by atoms with van der Waals surface area (Å²) in [5.41, 5.74) is -22.5. The predicted octanol–water partition coefficient (Wildman–Crippen LogP) is 20.4. The van der Waals surface area contributed by atoms with Crippen LogP contribution in [0.1, 0.15) is 246 Å². The minimum absolute atomic E-state index is 0.0380. The van der Waals surface area contributed by atoms with Gasteiger partial charge in [-0.3, -0.25) is 24.0 Å². The number of methoxy groups -OCH3 is 2. The van der Waals surface area contributed by atoms with E-state index in [4.69, 9.17) is 19.3 Å². The van der Waals surface area contributed by atoms with Crippen molar-refractivity contribution in [2.24, 2.45) is 86.8 Å². The van der Waals surface area contributed by atoms with Gasteiger partial charge in [-0.1, -0.05) is 41.5 Å². The Labute approximate surface area is 685 Å². The van der Waals surface area contributed by atoms with Crippen LogP contribution in [0.5, 0.6) is 0 Å². The van der Waals surface area contributed by atoms with Gasteiger partial charge in [-0.2, -0.15) is 87.8 Å². The van der Waals surface area contributed by atoms with Gasteiger partial charge in [-0.05, 0) is 205 Å². The average Bonchev–Trinajstić information content (AvgIpc) is 1.54. The summed E-state index contributed by atoms with van der Waals surface area (Å²) < 4.78 is 373. The number of esters is 5. The number of alkyl halides is 27. The highest BCUT2D eigenvalue weighted by Gasteiger charge is 2.83. The molecule has 0 saturated heterocycles. The molecule has 0 spiro atoms. The van der Waals surface area contributed by atoms with Gasteiger partial charge in [0.25, 0.3) is 29.2 Å². The van der Waals surface area contributed by atoms with Crippen molar-refractivity contribution in [1.29, 1.82) is 0 Å². The summed E-state index contributed by atoms with van der Waals surface area (Å²) in [7, 11) is 2.83. The number of fused-ring (bicyclic) bond motifs is 8. The summed E-state index contributed by atoms with van der Waals surface area (Å²) in [6.45, 7) is 30.2. The van der Waals surface area contributed by atoms with Crippen molar-refractivity contribution < 1.29 is 197 Å². The highest BCUT2D eigenvalue weighted by atomic mass is 19.4. The number of carbonyl (C=O) groups is 5. The van der Waals surface area contributed by atoms with Crippen LogP contribution in [0.2, 0.25) is 0 Å². The van der Waals surface area contributed by atoms with Gasteiger partial charge in [0.05, 0.1) is 55.0 Å². The van der Waals surface area contributed by atoms with Crippen molar-refractivity contribution in [3.8, 4) is 0 Å². The number of rotatable bonds is 15. The highest BCUT2D eigenvalue weighted by molar-refractivity contribution is 5.77. The Morgan fingerprint density at radius 3 is 0.818 bits per heavy atom. The molecule has 17 unspecified atom stereocenters. The van der Waals surface area contributed by atoms with Crippen molar-refractivity contribution >= 4 is 29.8 Å². The van der Waals surface area contributed by atoms with Crippen molar-refractivity contribution in [3.05, 3.63) is 0 Å². The van der Waals surface area contributed by atoms with Crippen LogP contribution in [0.4, 0.5) is 119 Å². The van der Waals surface area contributed by atoms with Crippen LogP contribution in [0.15, 0.2) is 0 Å². The summed E-state index contributed by atoms with van der Waals surface area (Å²) in [4.78, 5) is 55.8. The maximum atomic E-state index is 13.3. The average molecular weight is 1830 g/mol. The Kier molecular flexibility index (Phi) is 38.0. The molecule has 0 radical (unpaired) electrons. The molecule has 0 aromatic heterocycles. The molecule has 9 aliphatic carbocycles. The SMILES string of the molecule is CCC(C)(C)C(=O)OC.CCC(C)(C)C(=O)OC.CCC(C)(C)C(=O)OC1CC(C(C)(O)C(F)(F)F)CC(C(O)(C(F)(F)F)C(F)(F)F)C1.CCOC(=O)C(C)(C)CC.CCOC(=O)C(C)CC.OC1(C(F)(F)F)C2CCC(C2)C1(F)F.OC1(C(F)(F)F)C2CCC(C2)C1(F)F.OC1(C(F)(F)F)C2CCC(C2)C1(F)F.OC1(F)C2CCC(C2)C1(F)F. The lowest BCUT2D eigenvalue weighted by atomic mass is 9.66. The Balaban J connectivity index is 0.000000708. The van der Waals surface area contributed by atoms with E-state index in [2.05, 4.69) is 9.47 Å². The molecule has 9 aliphatic rings. The van der Waals surface area contributed by atoms with Crippen LogP contribution in [-0.2, 0) is 47.7 Å². The van der Waals surface area contributed by atoms with E-state index in [-0.39, 0.29) is 124 Å². The lowest BCUT2D eigenvalue weighted by Gasteiger charge is -2.47. The van der Waals surface area contributed by atoms with Crippen LogP contribution in [0, 0.1) is 86.8 Å². The molecule has 0 heterocycles. The maximum Gasteiger partial charge on any atom is 0.426 e. The predicted molar refractivity (Wildman–Crippen MR) is 380 cm³/mol. The summed E-state index contributed by atoms with van der Waals surface area (Å²) >= 11 is 0. The number of hydrogen-bond acceptors (Lipinski definition) is 16. The van der Waals surface area contributed by atoms with E-state index in [1.165, 1.54) is 28.1 Å². The zero-order chi connectivity index (χ0) is 95.9. The fraction of sp³-hybridized carbons (Fsp3) is 0.936. The molecule has 9 rings (SSSR count). The van der Waals surface area contributed by atoms with Crippen LogP contribution in [0.3, 0.4) is 0 Å². The van der Waals surface area contributed by atoms with E-state index in [0.717, 1.165) is 25.7 Å². The number of ether oxygens (including phenoxy) is 5. The molecule has 0 aliphatic heterocycles. The first-order valence-electron chi connectivity index (χ1n) is 39.6. The maximum absolute atomic E-state index is 13.3. The topological polar surface area (TPSA) is 253 Å². The second kappa shape index (κ2) is 40.3. The zero-order valence-corrected chi connectivity index (χ0v) is 71.0. The Morgan fingerprint density at radius 2 is 0.620 bits per heavy atom. The second-order valence-electron chi connectivity index (χ2n) is 35.0. The van der Waals surface area contributed by atoms with Gasteiger partial charge in [0, 0.05) is 59.2 Å². The molecule has 121 heavy (non-hydrogen) atoms. The summed E-state index contributed by atoms with van der Waals surface area (Å²) in [5, 5.41) is 55.9. The minimum Gasteiger partial charge on any atom is -0.469 e. The summed E-state index contributed by atoms with van der Waals surface area (Å²) in [6, 6.07) is 0. The molecule has 43 heteroatoms. The molecular weight excluding hydrogens is 1710 g/mol. The Bertz CT molecular complexity index is 3140. The molecule has 16 nitrogen and oxygen atoms in total. The third-order valence-corrected chi connectivity index (χ3v) is 25.8. The van der Waals surface area contributed by atoms with E-state index >= 15 is 0 Å². The van der Waals surface area contributed by atoms with Gasteiger partial charge in [0.15, 0.2) is 5.60 Å².